The van der Waals surface area contributed by atoms with Crippen LogP contribution < -0.4 is 15.5 Å². The van der Waals surface area contributed by atoms with Crippen molar-refractivity contribution >= 4 is 35.3 Å². The first-order chi connectivity index (χ1) is 12.5. The lowest BCUT2D eigenvalue weighted by Crippen LogP contribution is -2.32. The molecule has 7 heteroatoms. The van der Waals surface area contributed by atoms with Crippen molar-refractivity contribution in [3.8, 4) is 5.75 Å². The van der Waals surface area contributed by atoms with Gasteiger partial charge < -0.3 is 10.1 Å². The van der Waals surface area contributed by atoms with E-state index < -0.39 is 11.8 Å². The van der Waals surface area contributed by atoms with E-state index in [0.717, 1.165) is 23.3 Å². The largest absolute Gasteiger partial charge is 0.494 e. The van der Waals surface area contributed by atoms with Gasteiger partial charge in [0.05, 0.1) is 12.8 Å². The normalized spacial score (nSPS) is 10.6. The molecule has 0 saturated heterocycles. The second-order valence-corrected chi connectivity index (χ2v) is 5.97. The van der Waals surface area contributed by atoms with Crippen molar-refractivity contribution in [2.45, 2.75) is 20.3 Å². The molecule has 6 nitrogen and oxygen atoms in total. The van der Waals surface area contributed by atoms with E-state index in [4.69, 9.17) is 16.3 Å². The number of carbonyl (C=O) groups is 2. The Morgan fingerprint density at radius 1 is 1.15 bits per heavy atom. The highest BCUT2D eigenvalue weighted by Gasteiger charge is 2.13. The third kappa shape index (κ3) is 5.89. The highest BCUT2D eigenvalue weighted by Crippen LogP contribution is 2.19. The molecule has 0 aliphatic heterocycles. The lowest BCUT2D eigenvalue weighted by molar-refractivity contribution is -0.136. The van der Waals surface area contributed by atoms with Crippen LogP contribution in [0.1, 0.15) is 24.5 Å². The van der Waals surface area contributed by atoms with Gasteiger partial charge in [-0.05, 0) is 66.9 Å². The Labute approximate surface area is 157 Å². The topological polar surface area (TPSA) is 79.8 Å². The van der Waals surface area contributed by atoms with Crippen molar-refractivity contribution in [3.05, 3.63) is 58.6 Å². The van der Waals surface area contributed by atoms with Gasteiger partial charge in [0.2, 0.25) is 0 Å². The van der Waals surface area contributed by atoms with Crippen molar-refractivity contribution < 1.29 is 14.3 Å². The van der Waals surface area contributed by atoms with Crippen molar-refractivity contribution in [1.29, 1.82) is 0 Å². The smallest absolute Gasteiger partial charge is 0.329 e. The number of rotatable bonds is 6. The van der Waals surface area contributed by atoms with Crippen LogP contribution in [0.15, 0.2) is 47.6 Å². The molecule has 0 bridgehead atoms. The summed E-state index contributed by atoms with van der Waals surface area (Å²) in [5.74, 6) is -0.903. The predicted octanol–water partition coefficient (Wildman–Crippen LogP) is 3.53. The zero-order valence-electron chi connectivity index (χ0n) is 14.6. The summed E-state index contributed by atoms with van der Waals surface area (Å²) in [6.07, 6.45) is 2.38. The minimum absolute atomic E-state index is 0.515. The Morgan fingerprint density at radius 2 is 1.88 bits per heavy atom. The highest BCUT2D eigenvalue weighted by molar-refractivity contribution is 6.39. The standard InChI is InChI=1S/C19H20ClN3O3/c1-3-10-26-16-7-4-14(5-8-16)12-21-23-19(25)18(24)22-17-9-6-15(20)11-13(17)2/h4-9,11-12H,3,10H2,1-2H3,(H,22,24)(H,23,25)/b21-12+. The number of anilines is 1. The number of nitrogens with one attached hydrogen (secondary N) is 2. The summed E-state index contributed by atoms with van der Waals surface area (Å²) >= 11 is 5.86. The van der Waals surface area contributed by atoms with Crippen molar-refractivity contribution in [3.63, 3.8) is 0 Å². The molecule has 2 aromatic carbocycles. The minimum atomic E-state index is -0.863. The Hall–Kier alpha value is -2.86. The second-order valence-electron chi connectivity index (χ2n) is 5.53. The summed E-state index contributed by atoms with van der Waals surface area (Å²) in [5.41, 5.74) is 4.23. The Kier molecular flexibility index (Phi) is 7.17. The third-order valence-electron chi connectivity index (χ3n) is 3.38. The minimum Gasteiger partial charge on any atom is -0.494 e. The van der Waals surface area contributed by atoms with Crippen LogP contribution in [-0.4, -0.2) is 24.6 Å². The van der Waals surface area contributed by atoms with Gasteiger partial charge in [0, 0.05) is 10.7 Å². The first-order valence-electron chi connectivity index (χ1n) is 8.13. The lowest BCUT2D eigenvalue weighted by atomic mass is 10.2. The molecule has 2 aromatic rings. The van der Waals surface area contributed by atoms with Crippen LogP contribution in [0.5, 0.6) is 5.75 Å². The molecule has 0 heterocycles. The molecule has 0 aliphatic rings. The third-order valence-corrected chi connectivity index (χ3v) is 3.61. The molecule has 26 heavy (non-hydrogen) atoms. The van der Waals surface area contributed by atoms with Crippen molar-refractivity contribution in [1.82, 2.24) is 5.43 Å². The molecule has 0 aromatic heterocycles. The molecule has 136 valence electrons. The molecular formula is C19H20ClN3O3. The Morgan fingerprint density at radius 3 is 2.54 bits per heavy atom. The summed E-state index contributed by atoms with van der Waals surface area (Å²) in [5, 5.41) is 6.85. The average molecular weight is 374 g/mol. The van der Waals surface area contributed by atoms with Gasteiger partial charge in [-0.2, -0.15) is 5.10 Å². The van der Waals surface area contributed by atoms with Crippen LogP contribution in [0.4, 0.5) is 5.69 Å². The molecule has 0 atom stereocenters. The quantitative estimate of drug-likeness (QED) is 0.462. The van der Waals surface area contributed by atoms with E-state index in [-0.39, 0.29) is 0 Å². The fraction of sp³-hybridized carbons (Fsp3) is 0.211. The number of amides is 2. The number of hydrazone groups is 1. The van der Waals surface area contributed by atoms with E-state index in [0.29, 0.717) is 17.3 Å². The fourth-order valence-corrected chi connectivity index (χ4v) is 2.26. The summed E-state index contributed by atoms with van der Waals surface area (Å²) in [7, 11) is 0. The number of hydrogen-bond acceptors (Lipinski definition) is 4. The zero-order chi connectivity index (χ0) is 18.9. The van der Waals surface area contributed by atoms with Gasteiger partial charge in [-0.1, -0.05) is 18.5 Å². The lowest BCUT2D eigenvalue weighted by Gasteiger charge is -2.07. The fourth-order valence-electron chi connectivity index (χ4n) is 2.03. The van der Waals surface area contributed by atoms with E-state index in [9.17, 15) is 9.59 Å². The van der Waals surface area contributed by atoms with Crippen LogP contribution in [0, 0.1) is 6.92 Å². The van der Waals surface area contributed by atoms with Crippen molar-refractivity contribution in [2.75, 3.05) is 11.9 Å². The molecule has 0 saturated carbocycles. The number of carbonyl (C=O) groups excluding carboxylic acids is 2. The van der Waals surface area contributed by atoms with Crippen LogP contribution >= 0.6 is 11.6 Å². The molecule has 0 fully saturated rings. The van der Waals surface area contributed by atoms with E-state index in [1.807, 2.05) is 19.1 Å². The zero-order valence-corrected chi connectivity index (χ0v) is 15.3. The highest BCUT2D eigenvalue weighted by atomic mass is 35.5. The maximum atomic E-state index is 11.9. The Balaban J connectivity index is 1.86. The summed E-state index contributed by atoms with van der Waals surface area (Å²) in [6.45, 7) is 4.48. The summed E-state index contributed by atoms with van der Waals surface area (Å²) in [4.78, 5) is 23.7. The Bertz CT molecular complexity index is 804. The maximum absolute atomic E-state index is 11.9. The van der Waals surface area contributed by atoms with Gasteiger partial charge in [-0.3, -0.25) is 9.59 Å². The number of benzene rings is 2. The molecule has 2 amide bonds. The van der Waals surface area contributed by atoms with E-state index in [1.54, 1.807) is 37.3 Å². The van der Waals surface area contributed by atoms with E-state index in [2.05, 4.69) is 15.8 Å². The van der Waals surface area contributed by atoms with Gasteiger partial charge in [0.15, 0.2) is 0 Å². The number of hydrogen-bond donors (Lipinski definition) is 2. The molecule has 0 aliphatic carbocycles. The van der Waals surface area contributed by atoms with Gasteiger partial charge in [-0.15, -0.1) is 0 Å². The van der Waals surface area contributed by atoms with Crippen LogP contribution in [0.3, 0.4) is 0 Å². The number of ether oxygens (including phenoxy) is 1. The monoisotopic (exact) mass is 373 g/mol. The molecule has 0 radical (unpaired) electrons. The maximum Gasteiger partial charge on any atom is 0.329 e. The van der Waals surface area contributed by atoms with Gasteiger partial charge in [0.1, 0.15) is 5.75 Å². The molecule has 2 rings (SSSR count). The summed E-state index contributed by atoms with van der Waals surface area (Å²) in [6, 6.07) is 12.2. The molecule has 2 N–H and O–H groups in total. The molecular weight excluding hydrogens is 354 g/mol. The number of halogens is 1. The van der Waals surface area contributed by atoms with Gasteiger partial charge >= 0.3 is 11.8 Å². The predicted molar refractivity (Wildman–Crippen MR) is 103 cm³/mol. The van der Waals surface area contributed by atoms with Crippen molar-refractivity contribution in [2.24, 2.45) is 5.10 Å². The first-order valence-corrected chi connectivity index (χ1v) is 8.50. The van der Waals surface area contributed by atoms with E-state index >= 15 is 0 Å². The van der Waals surface area contributed by atoms with Crippen LogP contribution in [0.2, 0.25) is 5.02 Å². The summed E-state index contributed by atoms with van der Waals surface area (Å²) < 4.78 is 5.48. The molecule has 0 unspecified atom stereocenters. The van der Waals surface area contributed by atoms with Crippen LogP contribution in [0.25, 0.3) is 0 Å². The van der Waals surface area contributed by atoms with Gasteiger partial charge in [-0.25, -0.2) is 5.43 Å². The SMILES string of the molecule is CCCOc1ccc(/C=N/NC(=O)C(=O)Nc2ccc(Cl)cc2C)cc1. The second kappa shape index (κ2) is 9.58. The number of nitrogens with zero attached hydrogens (tertiary/aromatic N) is 1. The van der Waals surface area contributed by atoms with Gasteiger partial charge in [0.25, 0.3) is 0 Å². The van der Waals surface area contributed by atoms with Crippen LogP contribution in [-0.2, 0) is 9.59 Å². The average Bonchev–Trinajstić information content (AvgIpc) is 2.63. The molecule has 0 spiro atoms. The van der Waals surface area contributed by atoms with E-state index in [1.165, 1.54) is 6.21 Å². The number of aryl methyl sites for hydroxylation is 1. The first kappa shape index (κ1) is 19.5.